The van der Waals surface area contributed by atoms with Gasteiger partial charge in [0, 0.05) is 31.9 Å². The summed E-state index contributed by atoms with van der Waals surface area (Å²) >= 11 is 1.39. The number of aromatic nitrogens is 1. The number of carbonyl (C=O) groups is 1. The van der Waals surface area contributed by atoms with Crippen LogP contribution in [-0.4, -0.2) is 55.6 Å². The van der Waals surface area contributed by atoms with Gasteiger partial charge in [0.1, 0.15) is 5.75 Å². The van der Waals surface area contributed by atoms with E-state index < -0.39 is 11.7 Å². The van der Waals surface area contributed by atoms with Crippen LogP contribution in [0.4, 0.5) is 24.0 Å². The number of methoxy groups -OCH3 is 1. The maximum Gasteiger partial charge on any atom is 0.416 e. The van der Waals surface area contributed by atoms with E-state index in [1.807, 2.05) is 28.0 Å². The van der Waals surface area contributed by atoms with Gasteiger partial charge in [0.25, 0.3) is 0 Å². The molecule has 1 aromatic heterocycles. The molecule has 0 unspecified atom stereocenters. The van der Waals surface area contributed by atoms with E-state index in [9.17, 15) is 18.0 Å². The number of halogens is 3. The third-order valence-corrected chi connectivity index (χ3v) is 6.07. The average molecular weight is 450 g/mol. The van der Waals surface area contributed by atoms with Crippen molar-refractivity contribution in [2.24, 2.45) is 0 Å². The minimum absolute atomic E-state index is 0.144. The topological polar surface area (TPSA) is 57.7 Å². The number of thiazole rings is 1. The summed E-state index contributed by atoms with van der Waals surface area (Å²) in [4.78, 5) is 20.9. The van der Waals surface area contributed by atoms with Crippen molar-refractivity contribution in [1.29, 1.82) is 0 Å². The highest BCUT2D eigenvalue weighted by Gasteiger charge is 2.30. The number of hydrogen-bond donors (Lipinski definition) is 1. The first-order valence-electron chi connectivity index (χ1n) is 9.71. The molecule has 2 heterocycles. The van der Waals surface area contributed by atoms with Crippen molar-refractivity contribution >= 4 is 38.3 Å². The van der Waals surface area contributed by atoms with E-state index in [1.54, 1.807) is 7.11 Å². The SMILES string of the molecule is COc1ccc2nc(NC(=O)CN3CCN(c4ccc(C(F)(F)F)cc4)CC3)sc2c1. The van der Waals surface area contributed by atoms with E-state index in [1.165, 1.54) is 23.5 Å². The molecule has 0 radical (unpaired) electrons. The van der Waals surface area contributed by atoms with Gasteiger partial charge in [0.2, 0.25) is 5.91 Å². The predicted molar refractivity (Wildman–Crippen MR) is 115 cm³/mol. The van der Waals surface area contributed by atoms with Crippen LogP contribution in [0, 0.1) is 0 Å². The second kappa shape index (κ2) is 8.72. The highest BCUT2D eigenvalue weighted by atomic mass is 32.1. The Labute approximate surface area is 181 Å². The van der Waals surface area contributed by atoms with Crippen molar-refractivity contribution in [1.82, 2.24) is 9.88 Å². The van der Waals surface area contributed by atoms with E-state index in [0.717, 1.165) is 33.8 Å². The number of hydrogen-bond acceptors (Lipinski definition) is 6. The van der Waals surface area contributed by atoms with Gasteiger partial charge in [0.05, 0.1) is 29.4 Å². The zero-order valence-corrected chi connectivity index (χ0v) is 17.6. The number of amides is 1. The number of carbonyl (C=O) groups excluding carboxylic acids is 1. The van der Waals surface area contributed by atoms with Crippen LogP contribution >= 0.6 is 11.3 Å². The predicted octanol–water partition coefficient (Wildman–Crippen LogP) is 4.08. The Balaban J connectivity index is 1.29. The first-order valence-corrected chi connectivity index (χ1v) is 10.5. The molecule has 4 rings (SSSR count). The fourth-order valence-corrected chi connectivity index (χ4v) is 4.38. The van der Waals surface area contributed by atoms with Crippen LogP contribution in [0.5, 0.6) is 5.75 Å². The van der Waals surface area contributed by atoms with E-state index >= 15 is 0 Å². The number of piperazine rings is 1. The lowest BCUT2D eigenvalue weighted by Crippen LogP contribution is -2.48. The summed E-state index contributed by atoms with van der Waals surface area (Å²) in [6.45, 7) is 2.80. The van der Waals surface area contributed by atoms with E-state index in [2.05, 4.69) is 10.3 Å². The molecule has 3 aromatic rings. The van der Waals surface area contributed by atoms with Gasteiger partial charge >= 0.3 is 6.18 Å². The number of rotatable bonds is 5. The van der Waals surface area contributed by atoms with Crippen LogP contribution in [0.3, 0.4) is 0 Å². The first kappa shape index (κ1) is 21.4. The summed E-state index contributed by atoms with van der Waals surface area (Å²) in [6.07, 6.45) is -4.33. The van der Waals surface area contributed by atoms with Crippen molar-refractivity contribution in [3.63, 3.8) is 0 Å². The lowest BCUT2D eigenvalue weighted by atomic mass is 10.1. The van der Waals surface area contributed by atoms with Crippen molar-refractivity contribution < 1.29 is 22.7 Å². The lowest BCUT2D eigenvalue weighted by Gasteiger charge is -2.35. The van der Waals surface area contributed by atoms with Gasteiger partial charge in [-0.3, -0.25) is 9.69 Å². The van der Waals surface area contributed by atoms with E-state index in [0.29, 0.717) is 31.3 Å². The number of nitrogens with one attached hydrogen (secondary N) is 1. The molecule has 0 aliphatic carbocycles. The monoisotopic (exact) mass is 450 g/mol. The lowest BCUT2D eigenvalue weighted by molar-refractivity contribution is -0.137. The second-order valence-electron chi connectivity index (χ2n) is 7.21. The van der Waals surface area contributed by atoms with Crippen molar-refractivity contribution in [2.75, 3.05) is 50.1 Å². The molecule has 2 aromatic carbocycles. The summed E-state index contributed by atoms with van der Waals surface area (Å²) in [7, 11) is 1.60. The molecule has 31 heavy (non-hydrogen) atoms. The number of nitrogens with zero attached hydrogens (tertiary/aromatic N) is 3. The van der Waals surface area contributed by atoms with Crippen molar-refractivity contribution in [3.05, 3.63) is 48.0 Å². The molecule has 1 aliphatic rings. The quantitative estimate of drug-likeness (QED) is 0.635. The Morgan fingerprint density at radius 1 is 1.13 bits per heavy atom. The molecule has 0 spiro atoms. The normalized spacial score (nSPS) is 15.3. The molecule has 0 saturated carbocycles. The molecular formula is C21H21F3N4O2S. The van der Waals surface area contributed by atoms with Gasteiger partial charge < -0.3 is 15.0 Å². The molecule has 1 saturated heterocycles. The number of anilines is 2. The molecule has 164 valence electrons. The van der Waals surface area contributed by atoms with Gasteiger partial charge in [-0.2, -0.15) is 13.2 Å². The number of alkyl halides is 3. The largest absolute Gasteiger partial charge is 0.497 e. The molecule has 0 atom stereocenters. The van der Waals surface area contributed by atoms with E-state index in [-0.39, 0.29) is 12.5 Å². The third-order valence-electron chi connectivity index (χ3n) is 5.14. The summed E-state index contributed by atoms with van der Waals surface area (Å²) < 4.78 is 44.3. The minimum Gasteiger partial charge on any atom is -0.497 e. The summed E-state index contributed by atoms with van der Waals surface area (Å²) in [5.41, 5.74) is 0.896. The Morgan fingerprint density at radius 3 is 2.48 bits per heavy atom. The van der Waals surface area contributed by atoms with Gasteiger partial charge in [0.15, 0.2) is 5.13 Å². The van der Waals surface area contributed by atoms with Gasteiger partial charge in [-0.25, -0.2) is 4.98 Å². The van der Waals surface area contributed by atoms with Crippen LogP contribution in [0.25, 0.3) is 10.2 Å². The van der Waals surface area contributed by atoms with Gasteiger partial charge in [-0.1, -0.05) is 11.3 Å². The molecule has 1 fully saturated rings. The third kappa shape index (κ3) is 5.08. The van der Waals surface area contributed by atoms with Crippen molar-refractivity contribution in [3.8, 4) is 5.75 Å². The Morgan fingerprint density at radius 2 is 1.84 bits per heavy atom. The zero-order chi connectivity index (χ0) is 22.0. The van der Waals surface area contributed by atoms with Crippen LogP contribution < -0.4 is 15.0 Å². The Kier molecular flexibility index (Phi) is 6.01. The molecule has 1 aliphatic heterocycles. The number of benzene rings is 2. The van der Waals surface area contributed by atoms with Crippen molar-refractivity contribution in [2.45, 2.75) is 6.18 Å². The number of fused-ring (bicyclic) bond motifs is 1. The summed E-state index contributed by atoms with van der Waals surface area (Å²) in [5, 5.41) is 3.38. The molecule has 10 heteroatoms. The van der Waals surface area contributed by atoms with Gasteiger partial charge in [-0.05, 0) is 42.5 Å². The van der Waals surface area contributed by atoms with Crippen LogP contribution in [-0.2, 0) is 11.0 Å². The molecule has 1 N–H and O–H groups in total. The minimum atomic E-state index is -4.33. The smallest absolute Gasteiger partial charge is 0.416 e. The first-order chi connectivity index (χ1) is 14.8. The van der Waals surface area contributed by atoms with Crippen LogP contribution in [0.15, 0.2) is 42.5 Å². The molecule has 1 amide bonds. The Hall–Kier alpha value is -2.85. The zero-order valence-electron chi connectivity index (χ0n) is 16.8. The van der Waals surface area contributed by atoms with E-state index in [4.69, 9.17) is 4.74 Å². The summed E-state index contributed by atoms with van der Waals surface area (Å²) in [5.74, 6) is 0.592. The highest BCUT2D eigenvalue weighted by molar-refractivity contribution is 7.22. The standard InChI is InChI=1S/C21H21F3N4O2S/c1-30-16-6-7-17-18(12-16)31-20(25-17)26-19(29)13-27-8-10-28(11-9-27)15-4-2-14(3-5-15)21(22,23)24/h2-7,12H,8-11,13H2,1H3,(H,25,26,29). The van der Waals surface area contributed by atoms with Crippen LogP contribution in [0.1, 0.15) is 5.56 Å². The highest BCUT2D eigenvalue weighted by Crippen LogP contribution is 2.31. The number of ether oxygens (including phenoxy) is 1. The average Bonchev–Trinajstić information content (AvgIpc) is 3.14. The van der Waals surface area contributed by atoms with Gasteiger partial charge in [-0.15, -0.1) is 0 Å². The van der Waals surface area contributed by atoms with Crippen LogP contribution in [0.2, 0.25) is 0 Å². The molecular weight excluding hydrogens is 429 g/mol. The fraction of sp³-hybridized carbons (Fsp3) is 0.333. The second-order valence-corrected chi connectivity index (χ2v) is 8.24. The Bertz CT molecular complexity index is 1060. The molecule has 0 bridgehead atoms. The molecule has 6 nitrogen and oxygen atoms in total. The maximum atomic E-state index is 12.7. The fourth-order valence-electron chi connectivity index (χ4n) is 3.47. The maximum absolute atomic E-state index is 12.7. The summed E-state index contributed by atoms with van der Waals surface area (Å²) in [6, 6.07) is 10.7.